The summed E-state index contributed by atoms with van der Waals surface area (Å²) in [4.78, 5) is 24.6. The van der Waals surface area contributed by atoms with Crippen molar-refractivity contribution in [3.63, 3.8) is 0 Å². The van der Waals surface area contributed by atoms with Crippen LogP contribution in [-0.4, -0.2) is 15.7 Å². The molecule has 0 spiro atoms. The molecule has 0 radical (unpaired) electrons. The van der Waals surface area contributed by atoms with Gasteiger partial charge in [-0.05, 0) is 24.3 Å². The van der Waals surface area contributed by atoms with Gasteiger partial charge < -0.3 is 5.32 Å². The molecule has 1 heterocycles. The molecule has 0 aliphatic heterocycles. The second kappa shape index (κ2) is 5.40. The molecule has 1 N–H and O–H groups in total. The molecule has 0 saturated carbocycles. The first-order valence-electron chi connectivity index (χ1n) is 6.60. The third-order valence-corrected chi connectivity index (χ3v) is 3.30. The number of hydrogen-bond acceptors (Lipinski definition) is 3. The Morgan fingerprint density at radius 2 is 1.82 bits per heavy atom. The number of hydrogen-bond donors (Lipinski definition) is 1. The van der Waals surface area contributed by atoms with Crippen LogP contribution in [0, 0.1) is 5.82 Å². The molecule has 0 aliphatic rings. The minimum Gasteiger partial charge on any atom is -0.318 e. The molecule has 1 amide bonds. The van der Waals surface area contributed by atoms with Gasteiger partial charge in [-0.15, -0.1) is 0 Å². The highest BCUT2D eigenvalue weighted by atomic mass is 19.1. The summed E-state index contributed by atoms with van der Waals surface area (Å²) in [5.41, 5.74) is -0.133. The van der Waals surface area contributed by atoms with E-state index in [4.69, 9.17) is 0 Å². The number of nitrogens with zero attached hydrogens (tertiary/aromatic N) is 2. The fourth-order valence-corrected chi connectivity index (χ4v) is 2.22. The van der Waals surface area contributed by atoms with Gasteiger partial charge in [0, 0.05) is 12.4 Å². The molecule has 5 nitrogen and oxygen atoms in total. The summed E-state index contributed by atoms with van der Waals surface area (Å²) >= 11 is 0. The standard InChI is InChI=1S/C16H12FN3O2/c1-20-13-9-5-2-6-10(13)15(21)14(19-20)16(22)18-12-8-4-3-7-11(12)17/h2-9H,1H3,(H,18,22). The van der Waals surface area contributed by atoms with E-state index in [1.807, 2.05) is 0 Å². The number of amides is 1. The van der Waals surface area contributed by atoms with Crippen molar-refractivity contribution in [2.24, 2.45) is 7.05 Å². The maximum atomic E-state index is 13.6. The number of aryl methyl sites for hydroxylation is 1. The Morgan fingerprint density at radius 1 is 1.14 bits per heavy atom. The second-order valence-corrected chi connectivity index (χ2v) is 4.75. The maximum Gasteiger partial charge on any atom is 0.280 e. The number of carbonyl (C=O) groups is 1. The summed E-state index contributed by atoms with van der Waals surface area (Å²) in [6.45, 7) is 0. The van der Waals surface area contributed by atoms with Gasteiger partial charge in [-0.1, -0.05) is 24.3 Å². The lowest BCUT2D eigenvalue weighted by atomic mass is 10.2. The molecule has 0 aliphatic carbocycles. The summed E-state index contributed by atoms with van der Waals surface area (Å²) in [7, 11) is 1.64. The molecule has 0 atom stereocenters. The van der Waals surface area contributed by atoms with E-state index in [0.29, 0.717) is 10.9 Å². The summed E-state index contributed by atoms with van der Waals surface area (Å²) < 4.78 is 15.0. The third kappa shape index (κ3) is 2.35. The fraction of sp³-hybridized carbons (Fsp3) is 0.0625. The van der Waals surface area contributed by atoms with E-state index in [-0.39, 0.29) is 11.4 Å². The van der Waals surface area contributed by atoms with Gasteiger partial charge in [0.2, 0.25) is 5.43 Å². The van der Waals surface area contributed by atoms with Crippen molar-refractivity contribution in [2.75, 3.05) is 5.32 Å². The number of rotatable bonds is 2. The highest BCUT2D eigenvalue weighted by molar-refractivity contribution is 6.04. The zero-order valence-electron chi connectivity index (χ0n) is 11.7. The van der Waals surface area contributed by atoms with E-state index < -0.39 is 17.2 Å². The maximum absolute atomic E-state index is 13.6. The molecule has 0 bridgehead atoms. The SMILES string of the molecule is Cn1nc(C(=O)Nc2ccccc2F)c(=O)c2ccccc21. The number of para-hydroxylation sites is 2. The number of benzene rings is 2. The largest absolute Gasteiger partial charge is 0.318 e. The Balaban J connectivity index is 2.07. The van der Waals surface area contributed by atoms with Gasteiger partial charge in [0.25, 0.3) is 5.91 Å². The van der Waals surface area contributed by atoms with Crippen molar-refractivity contribution >= 4 is 22.5 Å². The number of aromatic nitrogens is 2. The number of halogens is 1. The van der Waals surface area contributed by atoms with E-state index in [2.05, 4.69) is 10.4 Å². The second-order valence-electron chi connectivity index (χ2n) is 4.75. The van der Waals surface area contributed by atoms with Crippen LogP contribution in [0.3, 0.4) is 0 Å². The molecule has 3 aromatic rings. The van der Waals surface area contributed by atoms with E-state index >= 15 is 0 Å². The van der Waals surface area contributed by atoms with Gasteiger partial charge in [-0.2, -0.15) is 5.10 Å². The summed E-state index contributed by atoms with van der Waals surface area (Å²) in [6.07, 6.45) is 0. The van der Waals surface area contributed by atoms with Crippen LogP contribution in [0.5, 0.6) is 0 Å². The molecule has 110 valence electrons. The predicted octanol–water partition coefficient (Wildman–Crippen LogP) is 2.32. The zero-order valence-corrected chi connectivity index (χ0v) is 11.7. The van der Waals surface area contributed by atoms with E-state index in [1.165, 1.54) is 22.9 Å². The minimum absolute atomic E-state index is 0.00418. The van der Waals surface area contributed by atoms with Crippen LogP contribution in [-0.2, 0) is 7.05 Å². The first kappa shape index (κ1) is 13.9. The lowest BCUT2D eigenvalue weighted by Gasteiger charge is -2.08. The normalized spacial score (nSPS) is 10.6. The highest BCUT2D eigenvalue weighted by Crippen LogP contribution is 2.14. The fourth-order valence-electron chi connectivity index (χ4n) is 2.22. The van der Waals surface area contributed by atoms with Crippen LogP contribution in [0.25, 0.3) is 10.9 Å². The molecule has 22 heavy (non-hydrogen) atoms. The molecule has 0 unspecified atom stereocenters. The van der Waals surface area contributed by atoms with Crippen molar-refractivity contribution in [2.45, 2.75) is 0 Å². The van der Waals surface area contributed by atoms with Crippen LogP contribution < -0.4 is 10.7 Å². The topological polar surface area (TPSA) is 64.0 Å². The Labute approximate surface area is 125 Å². The summed E-state index contributed by atoms with van der Waals surface area (Å²) in [6, 6.07) is 12.6. The predicted molar refractivity (Wildman–Crippen MR) is 81.3 cm³/mol. The van der Waals surface area contributed by atoms with Gasteiger partial charge in [0.15, 0.2) is 5.69 Å². The van der Waals surface area contributed by atoms with Gasteiger partial charge >= 0.3 is 0 Å². The lowest BCUT2D eigenvalue weighted by molar-refractivity contribution is 0.101. The molecular formula is C16H12FN3O2. The van der Waals surface area contributed by atoms with Crippen LogP contribution in [0.2, 0.25) is 0 Å². The summed E-state index contributed by atoms with van der Waals surface area (Å²) in [5.74, 6) is -1.31. The molecule has 0 fully saturated rings. The molecular weight excluding hydrogens is 285 g/mol. The van der Waals surface area contributed by atoms with Gasteiger partial charge in [-0.3, -0.25) is 14.3 Å². The average Bonchev–Trinajstić information content (AvgIpc) is 2.53. The molecule has 2 aromatic carbocycles. The highest BCUT2D eigenvalue weighted by Gasteiger charge is 2.17. The van der Waals surface area contributed by atoms with E-state index in [1.54, 1.807) is 37.4 Å². The van der Waals surface area contributed by atoms with E-state index in [9.17, 15) is 14.0 Å². The molecule has 3 rings (SSSR count). The van der Waals surface area contributed by atoms with Crippen molar-refractivity contribution in [1.82, 2.24) is 9.78 Å². The Bertz CT molecular complexity index is 934. The Kier molecular flexibility index (Phi) is 3.42. The Morgan fingerprint density at radius 3 is 2.59 bits per heavy atom. The third-order valence-electron chi connectivity index (χ3n) is 3.30. The first-order valence-corrected chi connectivity index (χ1v) is 6.60. The smallest absolute Gasteiger partial charge is 0.280 e. The van der Waals surface area contributed by atoms with Crippen LogP contribution in [0.4, 0.5) is 10.1 Å². The average molecular weight is 297 g/mol. The first-order chi connectivity index (χ1) is 10.6. The van der Waals surface area contributed by atoms with Crippen molar-refractivity contribution in [3.05, 3.63) is 70.3 Å². The van der Waals surface area contributed by atoms with Crippen LogP contribution >= 0.6 is 0 Å². The Hall–Kier alpha value is -3.02. The number of anilines is 1. The van der Waals surface area contributed by atoms with Gasteiger partial charge in [0.1, 0.15) is 5.82 Å². The number of fused-ring (bicyclic) bond motifs is 1. The van der Waals surface area contributed by atoms with Crippen molar-refractivity contribution < 1.29 is 9.18 Å². The zero-order chi connectivity index (χ0) is 15.7. The monoisotopic (exact) mass is 297 g/mol. The molecule has 6 heteroatoms. The minimum atomic E-state index is -0.739. The van der Waals surface area contributed by atoms with Crippen LogP contribution in [0.1, 0.15) is 10.5 Å². The van der Waals surface area contributed by atoms with Crippen molar-refractivity contribution in [3.8, 4) is 0 Å². The number of carbonyl (C=O) groups excluding carboxylic acids is 1. The van der Waals surface area contributed by atoms with Crippen molar-refractivity contribution in [1.29, 1.82) is 0 Å². The van der Waals surface area contributed by atoms with Gasteiger partial charge in [0.05, 0.1) is 11.2 Å². The van der Waals surface area contributed by atoms with Gasteiger partial charge in [-0.25, -0.2) is 4.39 Å². The molecule has 1 aromatic heterocycles. The summed E-state index contributed by atoms with van der Waals surface area (Å²) in [5, 5.41) is 6.75. The van der Waals surface area contributed by atoms with Crippen LogP contribution in [0.15, 0.2) is 53.3 Å². The quantitative estimate of drug-likeness (QED) is 0.789. The molecule has 0 saturated heterocycles. The van der Waals surface area contributed by atoms with E-state index in [0.717, 1.165) is 0 Å². The lowest BCUT2D eigenvalue weighted by Crippen LogP contribution is -2.26. The number of nitrogens with one attached hydrogen (secondary N) is 1.